The molecule has 3 rings (SSSR count). The summed E-state index contributed by atoms with van der Waals surface area (Å²) in [5, 5.41) is 3.41. The fraction of sp³-hybridized carbons (Fsp3) is 0.733. The molecular formula is C15H25N5. The highest BCUT2D eigenvalue weighted by Gasteiger charge is 2.28. The molecular weight excluding hydrogens is 250 g/mol. The average Bonchev–Trinajstić information content (AvgIpc) is 2.56. The van der Waals surface area contributed by atoms with Gasteiger partial charge in [-0.15, -0.1) is 0 Å². The van der Waals surface area contributed by atoms with Crippen LogP contribution in [-0.2, 0) is 0 Å². The van der Waals surface area contributed by atoms with E-state index in [1.54, 1.807) is 0 Å². The molecule has 1 N–H and O–H groups in total. The van der Waals surface area contributed by atoms with Gasteiger partial charge in [0.2, 0.25) is 5.95 Å². The van der Waals surface area contributed by atoms with Gasteiger partial charge in [0.05, 0.1) is 0 Å². The summed E-state index contributed by atoms with van der Waals surface area (Å²) in [7, 11) is 2.09. The standard InChI is InChI=1S/C15H25N5/c1-16-13-3-5-14(6-4-13)19-9-11-20(12-10-19)15-17-7-2-8-18-15/h2,7-8,13-14,16H,3-6,9-12H2,1H3. The maximum atomic E-state index is 4.35. The summed E-state index contributed by atoms with van der Waals surface area (Å²) >= 11 is 0. The molecule has 5 nitrogen and oxygen atoms in total. The van der Waals surface area contributed by atoms with Gasteiger partial charge in [-0.3, -0.25) is 4.90 Å². The van der Waals surface area contributed by atoms with E-state index in [9.17, 15) is 0 Å². The van der Waals surface area contributed by atoms with Crippen LogP contribution in [0.2, 0.25) is 0 Å². The number of nitrogens with one attached hydrogen (secondary N) is 1. The van der Waals surface area contributed by atoms with E-state index in [0.29, 0.717) is 0 Å². The van der Waals surface area contributed by atoms with Gasteiger partial charge >= 0.3 is 0 Å². The lowest BCUT2D eigenvalue weighted by Gasteiger charge is -2.41. The third-order valence-electron chi connectivity index (χ3n) is 4.77. The molecule has 20 heavy (non-hydrogen) atoms. The molecule has 0 radical (unpaired) electrons. The fourth-order valence-corrected chi connectivity index (χ4v) is 3.47. The number of rotatable bonds is 3. The van der Waals surface area contributed by atoms with Crippen molar-refractivity contribution in [1.82, 2.24) is 20.2 Å². The summed E-state index contributed by atoms with van der Waals surface area (Å²) < 4.78 is 0. The summed E-state index contributed by atoms with van der Waals surface area (Å²) in [5.74, 6) is 0.881. The molecule has 0 bridgehead atoms. The van der Waals surface area contributed by atoms with Gasteiger partial charge in [-0.2, -0.15) is 0 Å². The van der Waals surface area contributed by atoms with E-state index in [-0.39, 0.29) is 0 Å². The Morgan fingerprint density at radius 2 is 1.65 bits per heavy atom. The SMILES string of the molecule is CNC1CCC(N2CCN(c3ncccn3)CC2)CC1. The molecule has 0 atom stereocenters. The summed E-state index contributed by atoms with van der Waals surface area (Å²) in [6.07, 6.45) is 8.98. The first-order valence-electron chi connectivity index (χ1n) is 7.80. The van der Waals surface area contributed by atoms with Gasteiger partial charge in [-0.1, -0.05) is 0 Å². The second kappa shape index (κ2) is 6.50. The molecule has 1 aliphatic carbocycles. The normalized spacial score (nSPS) is 28.6. The fourth-order valence-electron chi connectivity index (χ4n) is 3.47. The topological polar surface area (TPSA) is 44.3 Å². The smallest absolute Gasteiger partial charge is 0.225 e. The van der Waals surface area contributed by atoms with Crippen LogP contribution in [0.3, 0.4) is 0 Å². The van der Waals surface area contributed by atoms with Gasteiger partial charge < -0.3 is 10.2 Å². The predicted molar refractivity (Wildman–Crippen MR) is 80.9 cm³/mol. The molecule has 1 aromatic rings. The summed E-state index contributed by atoms with van der Waals surface area (Å²) in [4.78, 5) is 13.7. The van der Waals surface area contributed by atoms with Gasteiger partial charge in [0.15, 0.2) is 0 Å². The number of hydrogen-bond donors (Lipinski definition) is 1. The third kappa shape index (κ3) is 3.10. The van der Waals surface area contributed by atoms with Crippen LogP contribution in [0.4, 0.5) is 5.95 Å². The third-order valence-corrected chi connectivity index (χ3v) is 4.77. The number of aromatic nitrogens is 2. The van der Waals surface area contributed by atoms with Crippen molar-refractivity contribution >= 4 is 5.95 Å². The molecule has 1 saturated carbocycles. The molecule has 0 unspecified atom stereocenters. The van der Waals surface area contributed by atoms with Crippen LogP contribution in [0.5, 0.6) is 0 Å². The van der Waals surface area contributed by atoms with Crippen LogP contribution in [-0.4, -0.2) is 60.2 Å². The second-order valence-corrected chi connectivity index (χ2v) is 5.87. The van der Waals surface area contributed by atoms with Crippen LogP contribution in [0, 0.1) is 0 Å². The summed E-state index contributed by atoms with van der Waals surface area (Å²) in [6, 6.07) is 3.41. The predicted octanol–water partition coefficient (Wildman–Crippen LogP) is 1.13. The van der Waals surface area contributed by atoms with Crippen LogP contribution in [0.1, 0.15) is 25.7 Å². The van der Waals surface area contributed by atoms with Crippen molar-refractivity contribution < 1.29 is 0 Å². The Morgan fingerprint density at radius 3 is 2.25 bits per heavy atom. The Bertz CT molecular complexity index is 394. The van der Waals surface area contributed by atoms with Crippen molar-refractivity contribution in [3.8, 4) is 0 Å². The van der Waals surface area contributed by atoms with E-state index in [2.05, 4.69) is 32.1 Å². The van der Waals surface area contributed by atoms with E-state index in [4.69, 9.17) is 0 Å². The number of nitrogens with zero attached hydrogens (tertiary/aromatic N) is 4. The van der Waals surface area contributed by atoms with Gasteiger partial charge in [0, 0.05) is 50.7 Å². The van der Waals surface area contributed by atoms with Gasteiger partial charge in [0.25, 0.3) is 0 Å². The zero-order valence-electron chi connectivity index (χ0n) is 12.3. The Balaban J connectivity index is 1.49. The number of piperazine rings is 1. The molecule has 0 aromatic carbocycles. The van der Waals surface area contributed by atoms with Gasteiger partial charge in [-0.25, -0.2) is 9.97 Å². The summed E-state index contributed by atoms with van der Waals surface area (Å²) in [5.41, 5.74) is 0. The Kier molecular flexibility index (Phi) is 4.47. The Morgan fingerprint density at radius 1 is 1.00 bits per heavy atom. The molecule has 2 aliphatic rings. The van der Waals surface area contributed by atoms with Crippen LogP contribution < -0.4 is 10.2 Å². The van der Waals surface area contributed by atoms with Gasteiger partial charge in [0.1, 0.15) is 0 Å². The first kappa shape index (κ1) is 13.8. The molecule has 1 aliphatic heterocycles. The summed E-state index contributed by atoms with van der Waals surface area (Å²) in [6.45, 7) is 4.40. The molecule has 2 heterocycles. The quantitative estimate of drug-likeness (QED) is 0.896. The lowest BCUT2D eigenvalue weighted by Crippen LogP contribution is -2.52. The van der Waals surface area contributed by atoms with E-state index in [1.807, 2.05) is 18.5 Å². The molecule has 0 amide bonds. The number of hydrogen-bond acceptors (Lipinski definition) is 5. The monoisotopic (exact) mass is 275 g/mol. The highest BCUT2D eigenvalue weighted by molar-refractivity contribution is 5.29. The first-order chi connectivity index (χ1) is 9.86. The van der Waals surface area contributed by atoms with Crippen molar-refractivity contribution in [3.63, 3.8) is 0 Å². The minimum absolute atomic E-state index is 0.741. The molecule has 0 spiro atoms. The van der Waals surface area contributed by atoms with Crippen molar-refractivity contribution in [1.29, 1.82) is 0 Å². The Hall–Kier alpha value is -1.20. The highest BCUT2D eigenvalue weighted by Crippen LogP contribution is 2.24. The van der Waals surface area contributed by atoms with Crippen LogP contribution in [0.15, 0.2) is 18.5 Å². The molecule has 110 valence electrons. The highest BCUT2D eigenvalue weighted by atomic mass is 15.3. The van der Waals surface area contributed by atoms with Crippen molar-refractivity contribution in [2.24, 2.45) is 0 Å². The van der Waals surface area contributed by atoms with E-state index in [1.165, 1.54) is 25.7 Å². The van der Waals surface area contributed by atoms with Crippen molar-refractivity contribution in [3.05, 3.63) is 18.5 Å². The lowest BCUT2D eigenvalue weighted by molar-refractivity contribution is 0.137. The van der Waals surface area contributed by atoms with Crippen LogP contribution >= 0.6 is 0 Å². The Labute approximate surface area is 121 Å². The lowest BCUT2D eigenvalue weighted by atomic mass is 9.90. The second-order valence-electron chi connectivity index (χ2n) is 5.87. The zero-order valence-corrected chi connectivity index (χ0v) is 12.3. The minimum Gasteiger partial charge on any atom is -0.338 e. The average molecular weight is 275 g/mol. The zero-order chi connectivity index (χ0) is 13.8. The first-order valence-corrected chi connectivity index (χ1v) is 7.80. The van der Waals surface area contributed by atoms with Crippen molar-refractivity contribution in [2.75, 3.05) is 38.1 Å². The molecule has 1 saturated heterocycles. The minimum atomic E-state index is 0.741. The maximum Gasteiger partial charge on any atom is 0.225 e. The number of anilines is 1. The molecule has 1 aromatic heterocycles. The maximum absolute atomic E-state index is 4.35. The largest absolute Gasteiger partial charge is 0.338 e. The van der Waals surface area contributed by atoms with E-state index in [0.717, 1.165) is 44.2 Å². The molecule has 5 heteroatoms. The van der Waals surface area contributed by atoms with E-state index < -0.39 is 0 Å². The van der Waals surface area contributed by atoms with Crippen molar-refractivity contribution in [2.45, 2.75) is 37.8 Å². The van der Waals surface area contributed by atoms with Gasteiger partial charge in [-0.05, 0) is 38.8 Å². The molecule has 2 fully saturated rings. The van der Waals surface area contributed by atoms with E-state index >= 15 is 0 Å². The van der Waals surface area contributed by atoms with Crippen LogP contribution in [0.25, 0.3) is 0 Å².